The van der Waals surface area contributed by atoms with Crippen LogP contribution in [0.1, 0.15) is 19.3 Å². The average molecular weight is 237 g/mol. The minimum Gasteiger partial charge on any atom is -0.341 e. The summed E-state index contributed by atoms with van der Waals surface area (Å²) in [5.41, 5.74) is 0. The molecule has 1 aliphatic rings. The summed E-state index contributed by atoms with van der Waals surface area (Å²) in [6, 6.07) is 0.348. The molecule has 0 bridgehead atoms. The van der Waals surface area contributed by atoms with Gasteiger partial charge in [-0.1, -0.05) is 5.21 Å². The molecule has 6 nitrogen and oxygen atoms in total. The third-order valence-electron chi connectivity index (χ3n) is 3.26. The smallest absolute Gasteiger partial charge is 0.244 e. The number of hydrogen-bond acceptors (Lipinski definition) is 4. The normalized spacial score (nSPS) is 20.9. The molecule has 1 N–H and O–H groups in total. The van der Waals surface area contributed by atoms with Crippen LogP contribution >= 0.6 is 0 Å². The molecule has 1 aliphatic heterocycles. The predicted molar refractivity (Wildman–Crippen MR) is 63.3 cm³/mol. The highest BCUT2D eigenvalue weighted by atomic mass is 16.2. The van der Waals surface area contributed by atoms with Crippen molar-refractivity contribution in [1.82, 2.24) is 25.2 Å². The van der Waals surface area contributed by atoms with E-state index >= 15 is 0 Å². The van der Waals surface area contributed by atoms with Crippen molar-refractivity contribution in [3.05, 3.63) is 12.4 Å². The van der Waals surface area contributed by atoms with Crippen LogP contribution in [-0.4, -0.2) is 52.0 Å². The zero-order chi connectivity index (χ0) is 12.1. The molecule has 0 aliphatic carbocycles. The summed E-state index contributed by atoms with van der Waals surface area (Å²) in [4.78, 5) is 13.9. The van der Waals surface area contributed by atoms with E-state index in [9.17, 15) is 4.79 Å². The standard InChI is InChI=1S/C11H19N5O/c1-15(10-3-2-5-12-6-4-10)11(17)9-16-8-7-13-14-16/h7-8,10,12H,2-6,9H2,1H3. The second kappa shape index (κ2) is 5.77. The number of rotatable bonds is 3. The second-order valence-electron chi connectivity index (χ2n) is 4.44. The maximum Gasteiger partial charge on any atom is 0.244 e. The van der Waals surface area contributed by atoms with Gasteiger partial charge in [-0.05, 0) is 32.4 Å². The number of hydrogen-bond donors (Lipinski definition) is 1. The lowest BCUT2D eigenvalue weighted by atomic mass is 10.1. The van der Waals surface area contributed by atoms with Gasteiger partial charge < -0.3 is 10.2 Å². The van der Waals surface area contributed by atoms with E-state index in [1.165, 1.54) is 0 Å². The lowest BCUT2D eigenvalue weighted by molar-refractivity contribution is -0.133. The fourth-order valence-corrected chi connectivity index (χ4v) is 2.16. The molecule has 17 heavy (non-hydrogen) atoms. The Labute approximate surface area is 101 Å². The van der Waals surface area contributed by atoms with Crippen LogP contribution in [0, 0.1) is 0 Å². The van der Waals surface area contributed by atoms with Gasteiger partial charge in [-0.15, -0.1) is 5.10 Å². The van der Waals surface area contributed by atoms with Gasteiger partial charge in [0.05, 0.1) is 6.20 Å². The average Bonchev–Trinajstić information content (AvgIpc) is 2.68. The molecule has 0 aromatic carbocycles. The van der Waals surface area contributed by atoms with Gasteiger partial charge in [0.15, 0.2) is 0 Å². The molecular formula is C11H19N5O. The van der Waals surface area contributed by atoms with Crippen molar-refractivity contribution < 1.29 is 4.79 Å². The topological polar surface area (TPSA) is 63.1 Å². The third kappa shape index (κ3) is 3.26. The van der Waals surface area contributed by atoms with Gasteiger partial charge in [0.25, 0.3) is 0 Å². The molecular weight excluding hydrogens is 218 g/mol. The molecule has 2 heterocycles. The Morgan fingerprint density at radius 2 is 2.41 bits per heavy atom. The van der Waals surface area contributed by atoms with Gasteiger partial charge in [0.2, 0.25) is 5.91 Å². The third-order valence-corrected chi connectivity index (χ3v) is 3.26. The number of amides is 1. The van der Waals surface area contributed by atoms with Crippen molar-refractivity contribution in [2.45, 2.75) is 31.8 Å². The summed E-state index contributed by atoms with van der Waals surface area (Å²) in [6.45, 7) is 2.33. The number of nitrogens with one attached hydrogen (secondary N) is 1. The SMILES string of the molecule is CN(C(=O)Cn1ccnn1)C1CCCNCC1. The van der Waals surface area contributed by atoms with Crippen LogP contribution in [0.4, 0.5) is 0 Å². The Morgan fingerprint density at radius 3 is 3.18 bits per heavy atom. The number of carbonyl (C=O) groups is 1. The van der Waals surface area contributed by atoms with Gasteiger partial charge in [-0.2, -0.15) is 0 Å². The predicted octanol–water partition coefficient (Wildman–Crippen LogP) is -0.121. The summed E-state index contributed by atoms with van der Waals surface area (Å²) in [5, 5.41) is 10.9. The number of nitrogens with zero attached hydrogens (tertiary/aromatic N) is 4. The van der Waals surface area contributed by atoms with Crippen LogP contribution < -0.4 is 5.32 Å². The monoisotopic (exact) mass is 237 g/mol. The van der Waals surface area contributed by atoms with Crippen LogP contribution in [0.3, 0.4) is 0 Å². The maximum atomic E-state index is 12.0. The summed E-state index contributed by atoms with van der Waals surface area (Å²) < 4.78 is 1.56. The Hall–Kier alpha value is -1.43. The molecule has 1 fully saturated rings. The number of likely N-dealkylation sites (N-methyl/N-ethyl adjacent to an activating group) is 1. The molecule has 1 aromatic heterocycles. The lowest BCUT2D eigenvalue weighted by Gasteiger charge is -2.26. The molecule has 1 saturated heterocycles. The Bertz CT molecular complexity index is 343. The van der Waals surface area contributed by atoms with Crippen molar-refractivity contribution in [3.8, 4) is 0 Å². The molecule has 1 amide bonds. The van der Waals surface area contributed by atoms with Crippen molar-refractivity contribution in [2.75, 3.05) is 20.1 Å². The fraction of sp³-hybridized carbons (Fsp3) is 0.727. The lowest BCUT2D eigenvalue weighted by Crippen LogP contribution is -2.39. The number of aromatic nitrogens is 3. The largest absolute Gasteiger partial charge is 0.341 e. The molecule has 1 unspecified atom stereocenters. The Balaban J connectivity index is 1.89. The molecule has 1 aromatic rings. The van der Waals surface area contributed by atoms with Crippen molar-refractivity contribution in [3.63, 3.8) is 0 Å². The molecule has 0 radical (unpaired) electrons. The minimum absolute atomic E-state index is 0.0994. The van der Waals surface area contributed by atoms with Crippen molar-refractivity contribution in [2.24, 2.45) is 0 Å². The summed E-state index contributed by atoms with van der Waals surface area (Å²) in [7, 11) is 1.88. The van der Waals surface area contributed by atoms with Gasteiger partial charge in [-0.25, -0.2) is 4.68 Å². The summed E-state index contributed by atoms with van der Waals surface area (Å²) in [6.07, 6.45) is 6.53. The van der Waals surface area contributed by atoms with E-state index in [0.717, 1.165) is 32.4 Å². The van der Waals surface area contributed by atoms with E-state index in [2.05, 4.69) is 15.6 Å². The first-order valence-corrected chi connectivity index (χ1v) is 6.08. The van der Waals surface area contributed by atoms with E-state index in [1.807, 2.05) is 11.9 Å². The van der Waals surface area contributed by atoms with E-state index in [1.54, 1.807) is 17.1 Å². The fourth-order valence-electron chi connectivity index (χ4n) is 2.16. The van der Waals surface area contributed by atoms with Crippen LogP contribution in [0.15, 0.2) is 12.4 Å². The summed E-state index contributed by atoms with van der Waals surface area (Å²) in [5.74, 6) is 0.0994. The second-order valence-corrected chi connectivity index (χ2v) is 4.44. The molecule has 6 heteroatoms. The zero-order valence-corrected chi connectivity index (χ0v) is 10.2. The minimum atomic E-state index is 0.0994. The van der Waals surface area contributed by atoms with E-state index in [4.69, 9.17) is 0 Å². The van der Waals surface area contributed by atoms with E-state index < -0.39 is 0 Å². The zero-order valence-electron chi connectivity index (χ0n) is 10.2. The molecule has 2 rings (SSSR count). The Kier molecular flexibility index (Phi) is 4.08. The highest BCUT2D eigenvalue weighted by Gasteiger charge is 2.21. The molecule has 0 spiro atoms. The van der Waals surface area contributed by atoms with Gasteiger partial charge in [-0.3, -0.25) is 4.79 Å². The van der Waals surface area contributed by atoms with Crippen molar-refractivity contribution >= 4 is 5.91 Å². The van der Waals surface area contributed by atoms with Crippen LogP contribution in [-0.2, 0) is 11.3 Å². The first-order valence-electron chi connectivity index (χ1n) is 6.08. The Morgan fingerprint density at radius 1 is 1.53 bits per heavy atom. The molecule has 94 valence electrons. The maximum absolute atomic E-state index is 12.0. The molecule has 1 atom stereocenters. The van der Waals surface area contributed by atoms with Gasteiger partial charge in [0, 0.05) is 19.3 Å². The first-order chi connectivity index (χ1) is 8.27. The van der Waals surface area contributed by atoms with Crippen LogP contribution in [0.5, 0.6) is 0 Å². The first kappa shape index (κ1) is 12.0. The van der Waals surface area contributed by atoms with Gasteiger partial charge in [0.1, 0.15) is 6.54 Å². The summed E-state index contributed by atoms with van der Waals surface area (Å²) >= 11 is 0. The van der Waals surface area contributed by atoms with Gasteiger partial charge >= 0.3 is 0 Å². The van der Waals surface area contributed by atoms with E-state index in [-0.39, 0.29) is 12.5 Å². The van der Waals surface area contributed by atoms with Crippen LogP contribution in [0.2, 0.25) is 0 Å². The van der Waals surface area contributed by atoms with E-state index in [0.29, 0.717) is 6.04 Å². The highest BCUT2D eigenvalue weighted by molar-refractivity contribution is 5.75. The van der Waals surface area contributed by atoms with Crippen LogP contribution in [0.25, 0.3) is 0 Å². The van der Waals surface area contributed by atoms with Crippen molar-refractivity contribution in [1.29, 1.82) is 0 Å². The molecule has 0 saturated carbocycles. The number of carbonyl (C=O) groups excluding carboxylic acids is 1. The quantitative estimate of drug-likeness (QED) is 0.796. The highest BCUT2D eigenvalue weighted by Crippen LogP contribution is 2.12.